The maximum absolute atomic E-state index is 11.4. The van der Waals surface area contributed by atoms with Crippen LogP contribution in [0.1, 0.15) is 0 Å². The summed E-state index contributed by atoms with van der Waals surface area (Å²) in [5.41, 5.74) is 2.13. The van der Waals surface area contributed by atoms with E-state index in [2.05, 4.69) is 32.5 Å². The normalized spacial score (nSPS) is 11.0. The summed E-state index contributed by atoms with van der Waals surface area (Å²) in [5.74, 6) is 0.587. The summed E-state index contributed by atoms with van der Waals surface area (Å²) in [4.78, 5) is 11.4. The van der Waals surface area contributed by atoms with Crippen LogP contribution in [0.25, 0.3) is 0 Å². The van der Waals surface area contributed by atoms with E-state index >= 15 is 0 Å². The summed E-state index contributed by atoms with van der Waals surface area (Å²) in [6.07, 6.45) is -0.451. The second-order valence-corrected chi connectivity index (χ2v) is 6.32. The summed E-state index contributed by atoms with van der Waals surface area (Å²) in [5, 5.41) is 2.46. The summed E-state index contributed by atoms with van der Waals surface area (Å²) in [7, 11) is 14.0. The first-order valence-corrected chi connectivity index (χ1v) is 6.23. The highest BCUT2D eigenvalue weighted by atomic mass is 127. The number of carbonyl (C=O) groups excluding carboxylic acids is 1. The minimum absolute atomic E-state index is 0. The molecule has 21 heavy (non-hydrogen) atoms. The average Bonchev–Trinajstić information content (AvgIpc) is 2.26. The summed E-state index contributed by atoms with van der Waals surface area (Å²) in [6.45, 7) is 0. The van der Waals surface area contributed by atoms with E-state index in [4.69, 9.17) is 4.74 Å². The number of nitrogens with one attached hydrogen (secondary N) is 1. The lowest BCUT2D eigenvalue weighted by Crippen LogP contribution is -3.00. The van der Waals surface area contributed by atoms with Gasteiger partial charge in [-0.15, -0.1) is 0 Å². The van der Waals surface area contributed by atoms with Gasteiger partial charge in [0.25, 0.3) is 0 Å². The molecule has 1 amide bonds. The van der Waals surface area contributed by atoms with Gasteiger partial charge in [-0.3, -0.25) is 8.97 Å². The Morgan fingerprint density at radius 1 is 1.00 bits per heavy atom. The lowest BCUT2D eigenvalue weighted by Gasteiger charge is -2.28. The van der Waals surface area contributed by atoms with Crippen LogP contribution in [0.5, 0.6) is 5.75 Å². The zero-order chi connectivity index (χ0) is 14.8. The molecule has 1 aromatic carbocycles. The second kappa shape index (κ2) is 8.49. The van der Waals surface area contributed by atoms with E-state index in [0.717, 1.165) is 11.4 Å². The minimum atomic E-state index is -0.451. The molecule has 0 aromatic heterocycles. The molecule has 0 atom stereocenters. The van der Waals surface area contributed by atoms with Crippen molar-refractivity contribution < 1.29 is 57.5 Å². The van der Waals surface area contributed by atoms with Gasteiger partial charge in [0.1, 0.15) is 5.69 Å². The fourth-order valence-corrected chi connectivity index (χ4v) is 1.68. The Hall–Kier alpha value is -0.130. The van der Waals surface area contributed by atoms with Gasteiger partial charge in [0.15, 0.2) is 11.4 Å². The summed E-state index contributed by atoms with van der Waals surface area (Å²) >= 11 is 0. The van der Waals surface area contributed by atoms with Gasteiger partial charge in [0.05, 0.1) is 48.4 Å². The van der Waals surface area contributed by atoms with Gasteiger partial charge in [0, 0.05) is 13.1 Å². The average molecular weight is 521 g/mol. The van der Waals surface area contributed by atoms with E-state index in [1.54, 1.807) is 7.05 Å². The molecule has 1 rings (SSSR count). The van der Waals surface area contributed by atoms with Gasteiger partial charge in [-0.1, -0.05) is 0 Å². The SMILES string of the molecule is CNC(=O)Oc1ccc([N+](C)(C)C)cc1[N+](C)(C)C.[I-].[I-]. The zero-order valence-corrected chi connectivity index (χ0v) is 18.0. The monoisotopic (exact) mass is 521 g/mol. The number of benzene rings is 1. The Kier molecular flexibility index (Phi) is 9.35. The van der Waals surface area contributed by atoms with E-state index < -0.39 is 6.09 Å². The molecule has 0 radical (unpaired) electrons. The molecule has 0 heterocycles. The third kappa shape index (κ3) is 6.66. The number of halogens is 2. The van der Waals surface area contributed by atoms with Crippen molar-refractivity contribution in [3.8, 4) is 5.75 Å². The smallest absolute Gasteiger partial charge is 0.412 e. The van der Waals surface area contributed by atoms with Crippen LogP contribution in [0.4, 0.5) is 16.2 Å². The highest BCUT2D eigenvalue weighted by Crippen LogP contribution is 2.35. The Morgan fingerprint density at radius 3 is 1.90 bits per heavy atom. The Balaban J connectivity index is 0. The molecule has 0 saturated heterocycles. The molecule has 0 aliphatic heterocycles. The Bertz CT molecular complexity index is 480. The first-order chi connectivity index (χ1) is 8.55. The molecule has 0 fully saturated rings. The number of quaternary nitrogens is 2. The lowest BCUT2D eigenvalue weighted by atomic mass is 10.2. The molecule has 0 bridgehead atoms. The second-order valence-electron chi connectivity index (χ2n) is 6.32. The molecule has 5 nitrogen and oxygen atoms in total. The third-order valence-electron chi connectivity index (χ3n) is 2.85. The number of hydrogen-bond acceptors (Lipinski definition) is 2. The van der Waals surface area contributed by atoms with E-state index in [1.165, 1.54) is 0 Å². The van der Waals surface area contributed by atoms with Crippen LogP contribution in [0, 0.1) is 0 Å². The van der Waals surface area contributed by atoms with E-state index in [-0.39, 0.29) is 48.0 Å². The van der Waals surface area contributed by atoms with Crippen LogP contribution in [0.2, 0.25) is 0 Å². The van der Waals surface area contributed by atoms with Crippen molar-refractivity contribution in [2.24, 2.45) is 0 Å². The lowest BCUT2D eigenvalue weighted by molar-refractivity contribution is -0.00100. The molecule has 0 aliphatic rings. The first-order valence-electron chi connectivity index (χ1n) is 6.23. The zero-order valence-electron chi connectivity index (χ0n) is 13.7. The van der Waals surface area contributed by atoms with Crippen LogP contribution in [0.3, 0.4) is 0 Å². The quantitative estimate of drug-likeness (QED) is 0.324. The van der Waals surface area contributed by atoms with Crippen LogP contribution < -0.4 is 67.0 Å². The van der Waals surface area contributed by atoms with E-state index in [1.807, 2.05) is 33.3 Å². The number of amides is 1. The van der Waals surface area contributed by atoms with Crippen molar-refractivity contribution in [1.29, 1.82) is 0 Å². The summed E-state index contributed by atoms with van der Waals surface area (Å²) < 4.78 is 6.62. The van der Waals surface area contributed by atoms with Crippen LogP contribution >= 0.6 is 0 Å². The predicted molar refractivity (Wildman–Crippen MR) is 80.7 cm³/mol. The molecular weight excluding hydrogens is 496 g/mol. The maximum atomic E-state index is 11.4. The van der Waals surface area contributed by atoms with Gasteiger partial charge in [0.2, 0.25) is 0 Å². The van der Waals surface area contributed by atoms with Gasteiger partial charge in [-0.25, -0.2) is 4.79 Å². The van der Waals surface area contributed by atoms with Crippen LogP contribution in [-0.4, -0.2) is 55.4 Å². The minimum Gasteiger partial charge on any atom is -1.00 e. The van der Waals surface area contributed by atoms with E-state index in [9.17, 15) is 4.79 Å². The standard InChI is InChI=1S/C14H24N3O2.2HI/c1-15-14(18)19-13-9-8-11(16(2,3)4)10-12(13)17(5,6)7;;/h8-10H,1-7H3;2*1H/q+1;;/p-1. The highest BCUT2D eigenvalue weighted by molar-refractivity contribution is 5.74. The molecule has 1 N–H and O–H groups in total. The van der Waals surface area contributed by atoms with Gasteiger partial charge >= 0.3 is 6.09 Å². The molecule has 122 valence electrons. The number of hydrogen-bond donors (Lipinski definition) is 1. The molecule has 1 aromatic rings. The topological polar surface area (TPSA) is 38.3 Å². The van der Waals surface area contributed by atoms with Crippen LogP contribution in [-0.2, 0) is 0 Å². The highest BCUT2D eigenvalue weighted by Gasteiger charge is 2.25. The number of nitrogens with zero attached hydrogens (tertiary/aromatic N) is 2. The van der Waals surface area contributed by atoms with Crippen molar-refractivity contribution in [1.82, 2.24) is 14.3 Å². The third-order valence-corrected chi connectivity index (χ3v) is 2.85. The molecule has 0 aliphatic carbocycles. The van der Waals surface area contributed by atoms with Gasteiger partial charge < -0.3 is 58.0 Å². The van der Waals surface area contributed by atoms with Crippen molar-refractivity contribution in [2.75, 3.05) is 49.3 Å². The van der Waals surface area contributed by atoms with Gasteiger partial charge in [-0.2, -0.15) is 0 Å². The van der Waals surface area contributed by atoms with Gasteiger partial charge in [-0.05, 0) is 6.07 Å². The first kappa shape index (κ1) is 23.1. The van der Waals surface area contributed by atoms with Crippen molar-refractivity contribution >= 4 is 17.5 Å². The van der Waals surface area contributed by atoms with Crippen LogP contribution in [0.15, 0.2) is 18.2 Å². The van der Waals surface area contributed by atoms with E-state index in [0.29, 0.717) is 14.7 Å². The predicted octanol–water partition coefficient (Wildman–Crippen LogP) is -4.19. The van der Waals surface area contributed by atoms with Crippen molar-refractivity contribution in [2.45, 2.75) is 0 Å². The fraction of sp³-hybridized carbons (Fsp3) is 0.500. The molecule has 0 spiro atoms. The fourth-order valence-electron chi connectivity index (χ4n) is 1.68. The Morgan fingerprint density at radius 2 is 1.52 bits per heavy atom. The number of carbonyl (C=O) groups is 1. The molecular formula is C14H25I2N3O2. The van der Waals surface area contributed by atoms with Crippen molar-refractivity contribution in [3.05, 3.63) is 18.2 Å². The summed E-state index contributed by atoms with van der Waals surface area (Å²) in [6, 6.07) is 5.92. The largest absolute Gasteiger partial charge is 1.00 e. The molecule has 0 saturated carbocycles. The van der Waals surface area contributed by atoms with Crippen molar-refractivity contribution in [3.63, 3.8) is 0 Å². The molecule has 7 heteroatoms. The number of ether oxygens (including phenoxy) is 1. The molecule has 0 unspecified atom stereocenters. The Labute approximate surface area is 161 Å². The maximum Gasteiger partial charge on any atom is 0.412 e. The number of rotatable bonds is 3.